The Bertz CT molecular complexity index is 335. The molecule has 0 bridgehead atoms. The number of imidazole rings is 1. The summed E-state index contributed by atoms with van der Waals surface area (Å²) in [6.45, 7) is 1.18. The van der Waals surface area contributed by atoms with Crippen molar-refractivity contribution >= 4 is 0 Å². The van der Waals surface area contributed by atoms with E-state index in [1.54, 1.807) is 12.4 Å². The average molecular weight is 184 g/mol. The van der Waals surface area contributed by atoms with Crippen LogP contribution in [-0.2, 0) is 11.3 Å². The minimum Gasteiger partial charge on any atom is -0.386 e. The molecule has 0 amide bonds. The molecule has 5 nitrogen and oxygen atoms in total. The Morgan fingerprint density at radius 2 is 2.62 bits per heavy atom. The van der Waals surface area contributed by atoms with Gasteiger partial charge in [-0.25, -0.2) is 4.79 Å². The monoisotopic (exact) mass is 184 g/mol. The lowest BCUT2D eigenvalue weighted by molar-refractivity contribution is 0.0111. The van der Waals surface area contributed by atoms with Gasteiger partial charge in [0.1, 0.15) is 5.60 Å². The average Bonchev–Trinajstić information content (AvgIpc) is 2.64. The third kappa shape index (κ3) is 1.66. The lowest BCUT2D eigenvalue weighted by Crippen LogP contribution is -2.37. The molecule has 1 aromatic heterocycles. The van der Waals surface area contributed by atoms with Crippen LogP contribution in [0.2, 0.25) is 0 Å². The molecule has 0 aromatic carbocycles. The van der Waals surface area contributed by atoms with Gasteiger partial charge in [-0.1, -0.05) is 0 Å². The van der Waals surface area contributed by atoms with E-state index in [2.05, 4.69) is 4.98 Å². The summed E-state index contributed by atoms with van der Waals surface area (Å²) in [7, 11) is 0. The summed E-state index contributed by atoms with van der Waals surface area (Å²) in [4.78, 5) is 13.6. The van der Waals surface area contributed by atoms with Crippen molar-refractivity contribution in [3.05, 3.63) is 22.9 Å². The molecule has 0 aliphatic carbocycles. The Balaban J connectivity index is 2.13. The lowest BCUT2D eigenvalue weighted by Gasteiger charge is -2.19. The molecule has 1 unspecified atom stereocenters. The topological polar surface area (TPSA) is 67.2 Å². The van der Waals surface area contributed by atoms with Crippen molar-refractivity contribution in [2.45, 2.75) is 18.6 Å². The maximum Gasteiger partial charge on any atom is 0.325 e. The largest absolute Gasteiger partial charge is 0.386 e. The first kappa shape index (κ1) is 8.52. The summed E-state index contributed by atoms with van der Waals surface area (Å²) in [5.41, 5.74) is -1.06. The highest BCUT2D eigenvalue weighted by Gasteiger charge is 2.32. The summed E-state index contributed by atoms with van der Waals surface area (Å²) < 4.78 is 6.53. The zero-order valence-corrected chi connectivity index (χ0v) is 7.19. The minimum absolute atomic E-state index is 0.194. The van der Waals surface area contributed by atoms with E-state index >= 15 is 0 Å². The predicted octanol–water partition coefficient (Wildman–Crippen LogP) is -0.672. The molecule has 1 fully saturated rings. The van der Waals surface area contributed by atoms with E-state index in [0.29, 0.717) is 26.2 Å². The van der Waals surface area contributed by atoms with Crippen molar-refractivity contribution in [2.75, 3.05) is 13.2 Å². The zero-order valence-electron chi connectivity index (χ0n) is 7.19. The summed E-state index contributed by atoms with van der Waals surface area (Å²) in [5.74, 6) is 0. The van der Waals surface area contributed by atoms with E-state index in [4.69, 9.17) is 4.74 Å². The quantitative estimate of drug-likeness (QED) is 0.640. The fourth-order valence-corrected chi connectivity index (χ4v) is 1.51. The van der Waals surface area contributed by atoms with Crippen LogP contribution in [0, 0.1) is 0 Å². The molecule has 1 atom stereocenters. The minimum atomic E-state index is -0.869. The molecular formula is C8H12N2O3. The molecule has 72 valence electrons. The van der Waals surface area contributed by atoms with Gasteiger partial charge in [-0.2, -0.15) is 0 Å². The third-order valence-electron chi connectivity index (χ3n) is 2.27. The molecule has 0 spiro atoms. The Morgan fingerprint density at radius 3 is 3.15 bits per heavy atom. The first-order chi connectivity index (χ1) is 6.20. The van der Waals surface area contributed by atoms with Crippen molar-refractivity contribution < 1.29 is 9.84 Å². The molecular weight excluding hydrogens is 172 g/mol. The van der Waals surface area contributed by atoms with Gasteiger partial charge in [0.2, 0.25) is 0 Å². The van der Waals surface area contributed by atoms with Crippen LogP contribution in [0.1, 0.15) is 6.42 Å². The molecule has 2 N–H and O–H groups in total. The van der Waals surface area contributed by atoms with Gasteiger partial charge in [-0.05, 0) is 0 Å². The number of rotatable bonds is 2. The summed E-state index contributed by atoms with van der Waals surface area (Å²) in [6, 6.07) is 0. The van der Waals surface area contributed by atoms with Crippen molar-refractivity contribution in [3.8, 4) is 0 Å². The Morgan fingerprint density at radius 1 is 1.77 bits per heavy atom. The van der Waals surface area contributed by atoms with Gasteiger partial charge >= 0.3 is 5.69 Å². The molecule has 0 saturated carbocycles. The molecule has 2 heterocycles. The number of aromatic amines is 1. The highest BCUT2D eigenvalue weighted by molar-refractivity contribution is 4.86. The van der Waals surface area contributed by atoms with Crippen LogP contribution in [-0.4, -0.2) is 33.5 Å². The Labute approximate surface area is 75.0 Å². The second-order valence-corrected chi connectivity index (χ2v) is 3.42. The van der Waals surface area contributed by atoms with E-state index in [1.165, 1.54) is 4.57 Å². The van der Waals surface area contributed by atoms with Gasteiger partial charge in [0, 0.05) is 25.4 Å². The first-order valence-electron chi connectivity index (χ1n) is 4.24. The van der Waals surface area contributed by atoms with Gasteiger partial charge in [0.05, 0.1) is 13.2 Å². The summed E-state index contributed by atoms with van der Waals surface area (Å²) in [6.07, 6.45) is 3.77. The summed E-state index contributed by atoms with van der Waals surface area (Å²) >= 11 is 0. The lowest BCUT2D eigenvalue weighted by atomic mass is 10.0. The number of hydrogen-bond acceptors (Lipinski definition) is 3. The van der Waals surface area contributed by atoms with Crippen molar-refractivity contribution in [3.63, 3.8) is 0 Å². The van der Waals surface area contributed by atoms with Crippen molar-refractivity contribution in [1.82, 2.24) is 9.55 Å². The van der Waals surface area contributed by atoms with Crippen LogP contribution in [0.5, 0.6) is 0 Å². The van der Waals surface area contributed by atoms with Crippen LogP contribution in [0.3, 0.4) is 0 Å². The molecule has 1 aromatic rings. The fourth-order valence-electron chi connectivity index (χ4n) is 1.51. The second kappa shape index (κ2) is 3.01. The Kier molecular flexibility index (Phi) is 1.97. The van der Waals surface area contributed by atoms with Crippen LogP contribution in [0.4, 0.5) is 0 Å². The molecule has 1 saturated heterocycles. The molecule has 0 radical (unpaired) electrons. The molecule has 13 heavy (non-hydrogen) atoms. The molecule has 1 aliphatic heterocycles. The summed E-state index contributed by atoms with van der Waals surface area (Å²) in [5, 5.41) is 9.89. The fraction of sp³-hybridized carbons (Fsp3) is 0.625. The van der Waals surface area contributed by atoms with Gasteiger partial charge in [0.25, 0.3) is 0 Å². The Hall–Kier alpha value is -1.07. The maximum absolute atomic E-state index is 11.1. The molecule has 5 heteroatoms. The van der Waals surface area contributed by atoms with Crippen molar-refractivity contribution in [1.29, 1.82) is 0 Å². The normalized spacial score (nSPS) is 28.1. The van der Waals surface area contributed by atoms with Gasteiger partial charge in [0.15, 0.2) is 0 Å². The number of nitrogens with one attached hydrogen (secondary N) is 1. The van der Waals surface area contributed by atoms with E-state index < -0.39 is 5.60 Å². The van der Waals surface area contributed by atoms with E-state index in [0.717, 1.165) is 0 Å². The number of ether oxygens (including phenoxy) is 1. The highest BCUT2D eigenvalue weighted by atomic mass is 16.5. The van der Waals surface area contributed by atoms with Crippen molar-refractivity contribution in [2.24, 2.45) is 0 Å². The maximum atomic E-state index is 11.1. The molecule has 1 aliphatic rings. The van der Waals surface area contributed by atoms with Crippen LogP contribution < -0.4 is 5.69 Å². The van der Waals surface area contributed by atoms with Crippen LogP contribution in [0.25, 0.3) is 0 Å². The number of aromatic nitrogens is 2. The highest BCUT2D eigenvalue weighted by Crippen LogP contribution is 2.19. The first-order valence-corrected chi connectivity index (χ1v) is 4.24. The van der Waals surface area contributed by atoms with E-state index in [1.807, 2.05) is 0 Å². The number of H-pyrrole nitrogens is 1. The zero-order chi connectivity index (χ0) is 9.31. The second-order valence-electron chi connectivity index (χ2n) is 3.42. The number of hydrogen-bond donors (Lipinski definition) is 2. The van der Waals surface area contributed by atoms with E-state index in [-0.39, 0.29) is 5.69 Å². The van der Waals surface area contributed by atoms with Gasteiger partial charge in [-0.15, -0.1) is 0 Å². The van der Waals surface area contributed by atoms with Gasteiger partial charge < -0.3 is 14.8 Å². The smallest absolute Gasteiger partial charge is 0.325 e. The van der Waals surface area contributed by atoms with Crippen LogP contribution in [0.15, 0.2) is 17.2 Å². The van der Waals surface area contributed by atoms with Crippen LogP contribution >= 0.6 is 0 Å². The predicted molar refractivity (Wildman–Crippen MR) is 45.4 cm³/mol. The van der Waals surface area contributed by atoms with Gasteiger partial charge in [-0.3, -0.25) is 4.57 Å². The third-order valence-corrected chi connectivity index (χ3v) is 2.27. The number of nitrogens with zero attached hydrogens (tertiary/aromatic N) is 1. The number of aliphatic hydroxyl groups is 1. The SMILES string of the molecule is O=c1[nH]ccn1CC1(O)CCOC1. The molecule has 2 rings (SSSR count). The van der Waals surface area contributed by atoms with E-state index in [9.17, 15) is 9.90 Å². The standard InChI is InChI=1S/C8H12N2O3/c11-7-9-2-3-10(7)5-8(12)1-4-13-6-8/h2-3,12H,1,4-6H2,(H,9,11).